The van der Waals surface area contributed by atoms with Crippen LogP contribution in [0.25, 0.3) is 0 Å². The van der Waals surface area contributed by atoms with Crippen molar-refractivity contribution in [2.45, 2.75) is 19.4 Å². The topological polar surface area (TPSA) is 29.5 Å². The van der Waals surface area contributed by atoms with Gasteiger partial charge in [-0.3, -0.25) is 0 Å². The summed E-state index contributed by atoms with van der Waals surface area (Å²) < 4.78 is 5.02. The molecule has 1 heterocycles. The summed E-state index contributed by atoms with van der Waals surface area (Å²) in [7, 11) is 0. The third-order valence-electron chi connectivity index (χ3n) is 1.82. The van der Waals surface area contributed by atoms with E-state index >= 15 is 0 Å². The van der Waals surface area contributed by atoms with Crippen LogP contribution in [0.15, 0.2) is 0 Å². The first kappa shape index (κ1) is 6.05. The van der Waals surface area contributed by atoms with E-state index in [9.17, 15) is 5.11 Å². The Morgan fingerprint density at radius 2 is 2.38 bits per heavy atom. The first-order chi connectivity index (χ1) is 3.63. The molecule has 0 aromatic carbocycles. The lowest BCUT2D eigenvalue weighted by Gasteiger charge is -2.18. The SMILES string of the molecule is CC1COC[C@@]1(C)O. The predicted octanol–water partition coefficient (Wildman–Crippen LogP) is 0.404. The van der Waals surface area contributed by atoms with E-state index in [0.29, 0.717) is 19.1 Å². The molecule has 0 aromatic rings. The van der Waals surface area contributed by atoms with Crippen LogP contribution < -0.4 is 0 Å². The van der Waals surface area contributed by atoms with Gasteiger partial charge in [-0.05, 0) is 6.92 Å². The number of ether oxygens (including phenoxy) is 1. The van der Waals surface area contributed by atoms with E-state index in [2.05, 4.69) is 0 Å². The zero-order chi connectivity index (χ0) is 6.20. The Labute approximate surface area is 49.5 Å². The Morgan fingerprint density at radius 1 is 1.75 bits per heavy atom. The van der Waals surface area contributed by atoms with Gasteiger partial charge in [0.1, 0.15) is 0 Å². The Morgan fingerprint density at radius 3 is 2.50 bits per heavy atom. The van der Waals surface area contributed by atoms with Crippen LogP contribution in [0.5, 0.6) is 0 Å². The molecule has 1 aliphatic heterocycles. The van der Waals surface area contributed by atoms with Crippen molar-refractivity contribution in [3.8, 4) is 0 Å². The van der Waals surface area contributed by atoms with Crippen molar-refractivity contribution in [1.29, 1.82) is 0 Å². The third kappa shape index (κ3) is 0.858. The van der Waals surface area contributed by atoms with Crippen molar-refractivity contribution < 1.29 is 9.84 Å². The Kier molecular flexibility index (Phi) is 1.29. The fourth-order valence-electron chi connectivity index (χ4n) is 0.764. The lowest BCUT2D eigenvalue weighted by Crippen LogP contribution is -2.30. The maximum atomic E-state index is 9.34. The van der Waals surface area contributed by atoms with Gasteiger partial charge >= 0.3 is 0 Å². The lowest BCUT2D eigenvalue weighted by molar-refractivity contribution is 0.0233. The van der Waals surface area contributed by atoms with E-state index in [1.54, 1.807) is 0 Å². The summed E-state index contributed by atoms with van der Waals surface area (Å²) in [5.41, 5.74) is -0.569. The van der Waals surface area contributed by atoms with Gasteiger partial charge in [0.05, 0.1) is 18.8 Å². The van der Waals surface area contributed by atoms with Crippen molar-refractivity contribution in [2.24, 2.45) is 5.92 Å². The molecule has 0 bridgehead atoms. The van der Waals surface area contributed by atoms with Crippen molar-refractivity contribution >= 4 is 0 Å². The van der Waals surface area contributed by atoms with Crippen molar-refractivity contribution in [2.75, 3.05) is 13.2 Å². The molecule has 0 aromatic heterocycles. The highest BCUT2D eigenvalue weighted by Gasteiger charge is 2.34. The summed E-state index contributed by atoms with van der Waals surface area (Å²) in [6, 6.07) is 0. The molecule has 1 rings (SSSR count). The van der Waals surface area contributed by atoms with E-state index in [-0.39, 0.29) is 0 Å². The van der Waals surface area contributed by atoms with Crippen LogP contribution in [0.2, 0.25) is 0 Å². The Bertz CT molecular complexity index is 88.5. The van der Waals surface area contributed by atoms with Gasteiger partial charge in [0.2, 0.25) is 0 Å². The number of rotatable bonds is 0. The molecule has 0 spiro atoms. The molecule has 1 aliphatic rings. The molecule has 1 unspecified atom stereocenters. The van der Waals surface area contributed by atoms with Gasteiger partial charge in [-0.15, -0.1) is 0 Å². The second-order valence-electron chi connectivity index (χ2n) is 2.77. The molecule has 0 amide bonds. The summed E-state index contributed by atoms with van der Waals surface area (Å²) in [6.07, 6.45) is 0. The van der Waals surface area contributed by atoms with E-state index in [0.717, 1.165) is 0 Å². The van der Waals surface area contributed by atoms with Gasteiger partial charge in [-0.25, -0.2) is 0 Å². The quantitative estimate of drug-likeness (QED) is 0.496. The predicted molar refractivity (Wildman–Crippen MR) is 30.6 cm³/mol. The number of hydrogen-bond acceptors (Lipinski definition) is 2. The number of aliphatic hydroxyl groups is 1. The lowest BCUT2D eigenvalue weighted by atomic mass is 9.95. The van der Waals surface area contributed by atoms with Crippen molar-refractivity contribution in [3.05, 3.63) is 0 Å². The molecule has 0 saturated carbocycles. The van der Waals surface area contributed by atoms with Crippen LogP contribution in [-0.2, 0) is 4.74 Å². The van der Waals surface area contributed by atoms with Gasteiger partial charge in [0.15, 0.2) is 0 Å². The largest absolute Gasteiger partial charge is 0.387 e. The minimum Gasteiger partial charge on any atom is -0.387 e. The fraction of sp³-hybridized carbons (Fsp3) is 1.00. The second kappa shape index (κ2) is 1.71. The molecule has 0 radical (unpaired) electrons. The van der Waals surface area contributed by atoms with Crippen LogP contribution in [0.4, 0.5) is 0 Å². The molecule has 1 N–H and O–H groups in total. The molecule has 48 valence electrons. The second-order valence-corrected chi connectivity index (χ2v) is 2.77. The molecule has 0 aliphatic carbocycles. The summed E-state index contributed by atoms with van der Waals surface area (Å²) >= 11 is 0. The van der Waals surface area contributed by atoms with Gasteiger partial charge in [-0.2, -0.15) is 0 Å². The molecule has 2 heteroatoms. The Balaban J connectivity index is 2.54. The number of hydrogen-bond donors (Lipinski definition) is 1. The summed E-state index contributed by atoms with van der Waals surface area (Å²) in [5, 5.41) is 9.34. The molecular formula is C6H12O2. The van der Waals surface area contributed by atoms with Crippen molar-refractivity contribution in [3.63, 3.8) is 0 Å². The average Bonchev–Trinajstić information content (AvgIpc) is 1.86. The van der Waals surface area contributed by atoms with E-state index < -0.39 is 5.60 Å². The van der Waals surface area contributed by atoms with E-state index in [1.165, 1.54) is 0 Å². The standard InChI is InChI=1S/C6H12O2/c1-5-3-8-4-6(5,2)7/h5,7H,3-4H2,1-2H3/t5?,6-/m1/s1. The highest BCUT2D eigenvalue weighted by atomic mass is 16.5. The average molecular weight is 116 g/mol. The monoisotopic (exact) mass is 116 g/mol. The maximum Gasteiger partial charge on any atom is 0.0899 e. The fourth-order valence-corrected chi connectivity index (χ4v) is 0.764. The molecule has 2 nitrogen and oxygen atoms in total. The van der Waals surface area contributed by atoms with E-state index in [1.807, 2.05) is 13.8 Å². The molecular weight excluding hydrogens is 104 g/mol. The minimum absolute atomic E-state index is 0.294. The van der Waals surface area contributed by atoms with Gasteiger partial charge < -0.3 is 9.84 Å². The Hall–Kier alpha value is -0.0800. The van der Waals surface area contributed by atoms with Gasteiger partial charge in [-0.1, -0.05) is 6.92 Å². The van der Waals surface area contributed by atoms with Crippen LogP contribution in [0.3, 0.4) is 0 Å². The third-order valence-corrected chi connectivity index (χ3v) is 1.82. The summed E-state index contributed by atoms with van der Waals surface area (Å²) in [4.78, 5) is 0. The van der Waals surface area contributed by atoms with Crippen LogP contribution in [0.1, 0.15) is 13.8 Å². The first-order valence-electron chi connectivity index (χ1n) is 2.93. The summed E-state index contributed by atoms with van der Waals surface area (Å²) in [6.45, 7) is 5.00. The normalized spacial score (nSPS) is 47.6. The molecule has 1 fully saturated rings. The zero-order valence-corrected chi connectivity index (χ0v) is 5.35. The minimum atomic E-state index is -0.569. The van der Waals surface area contributed by atoms with Crippen LogP contribution in [-0.4, -0.2) is 23.9 Å². The molecule has 1 saturated heterocycles. The molecule has 2 atom stereocenters. The smallest absolute Gasteiger partial charge is 0.0899 e. The molecule has 8 heavy (non-hydrogen) atoms. The van der Waals surface area contributed by atoms with Gasteiger partial charge in [0, 0.05) is 5.92 Å². The zero-order valence-electron chi connectivity index (χ0n) is 5.35. The van der Waals surface area contributed by atoms with Crippen molar-refractivity contribution in [1.82, 2.24) is 0 Å². The van der Waals surface area contributed by atoms with Crippen LogP contribution >= 0.6 is 0 Å². The first-order valence-corrected chi connectivity index (χ1v) is 2.93. The summed E-state index contributed by atoms with van der Waals surface area (Å²) in [5.74, 6) is 0.294. The maximum absolute atomic E-state index is 9.34. The van der Waals surface area contributed by atoms with E-state index in [4.69, 9.17) is 4.74 Å². The van der Waals surface area contributed by atoms with Gasteiger partial charge in [0.25, 0.3) is 0 Å². The highest BCUT2D eigenvalue weighted by molar-refractivity contribution is 4.83. The highest BCUT2D eigenvalue weighted by Crippen LogP contribution is 2.23. The van der Waals surface area contributed by atoms with Crippen LogP contribution in [0, 0.1) is 5.92 Å².